The maximum Gasteiger partial charge on any atom is 0.305 e. The molecule has 45 heavy (non-hydrogen) atoms. The van der Waals surface area contributed by atoms with Gasteiger partial charge in [0.25, 0.3) is 11.8 Å². The van der Waals surface area contributed by atoms with E-state index < -0.39 is 11.6 Å². The van der Waals surface area contributed by atoms with Crippen LogP contribution in [0.2, 0.25) is 10.0 Å². The Morgan fingerprint density at radius 1 is 1.00 bits per heavy atom. The minimum atomic E-state index is -0.970. The highest BCUT2D eigenvalue weighted by atomic mass is 35.5. The van der Waals surface area contributed by atoms with Crippen molar-refractivity contribution < 1.29 is 19.5 Å². The second-order valence-electron chi connectivity index (χ2n) is 14.7. The first-order chi connectivity index (χ1) is 21.0. The van der Waals surface area contributed by atoms with Crippen molar-refractivity contribution in [1.82, 2.24) is 15.1 Å². The van der Waals surface area contributed by atoms with Crippen molar-refractivity contribution in [2.75, 3.05) is 26.2 Å². The summed E-state index contributed by atoms with van der Waals surface area (Å²) >= 11 is 12.8. The van der Waals surface area contributed by atoms with E-state index in [0.717, 1.165) is 31.5 Å². The van der Waals surface area contributed by atoms with E-state index in [1.807, 2.05) is 17.0 Å². The van der Waals surface area contributed by atoms with Gasteiger partial charge in [0, 0.05) is 47.2 Å². The fourth-order valence-corrected chi connectivity index (χ4v) is 6.53. The highest BCUT2D eigenvalue weighted by Crippen LogP contribution is 2.44. The third-order valence-electron chi connectivity index (χ3n) is 8.47. The van der Waals surface area contributed by atoms with Crippen molar-refractivity contribution in [3.63, 3.8) is 0 Å². The lowest BCUT2D eigenvalue weighted by molar-refractivity contribution is -0.137. The molecule has 8 nitrogen and oxygen atoms in total. The van der Waals surface area contributed by atoms with Gasteiger partial charge >= 0.3 is 5.97 Å². The van der Waals surface area contributed by atoms with E-state index in [0.29, 0.717) is 46.3 Å². The van der Waals surface area contributed by atoms with Crippen LogP contribution in [0.3, 0.4) is 0 Å². The Hall–Kier alpha value is -2.94. The number of nitrogens with one attached hydrogen (secondary N) is 1. The molecule has 2 aromatic rings. The number of carbonyl (C=O) groups excluding carboxylic acids is 2. The summed E-state index contributed by atoms with van der Waals surface area (Å²) < 4.78 is 0. The van der Waals surface area contributed by atoms with Gasteiger partial charge in [-0.05, 0) is 72.5 Å². The average Bonchev–Trinajstić information content (AvgIpc) is 3.46. The van der Waals surface area contributed by atoms with Gasteiger partial charge in [0.15, 0.2) is 0 Å². The van der Waals surface area contributed by atoms with E-state index in [1.165, 1.54) is 0 Å². The molecule has 2 aliphatic rings. The minimum absolute atomic E-state index is 0.0245. The molecule has 2 unspecified atom stereocenters. The molecular formula is C35H46Cl2N4O4. The number of hydrogen-bond acceptors (Lipinski definition) is 5. The van der Waals surface area contributed by atoms with E-state index in [4.69, 9.17) is 33.3 Å². The number of hydrogen-bond donors (Lipinski definition) is 2. The zero-order valence-corrected chi connectivity index (χ0v) is 28.8. The molecule has 1 spiro atoms. The zero-order valence-electron chi connectivity index (χ0n) is 27.3. The number of amides is 2. The molecular weight excluding hydrogens is 611 g/mol. The summed E-state index contributed by atoms with van der Waals surface area (Å²) in [6.07, 6.45) is 3.16. The largest absolute Gasteiger partial charge is 0.481 e. The number of nitrogens with zero attached hydrogens (tertiary/aromatic N) is 3. The van der Waals surface area contributed by atoms with Gasteiger partial charge in [-0.1, -0.05) is 76.9 Å². The van der Waals surface area contributed by atoms with E-state index in [9.17, 15) is 14.4 Å². The molecule has 244 valence electrons. The van der Waals surface area contributed by atoms with Crippen molar-refractivity contribution in [2.24, 2.45) is 15.8 Å². The highest BCUT2D eigenvalue weighted by Gasteiger charge is 2.54. The predicted molar refractivity (Wildman–Crippen MR) is 180 cm³/mol. The number of rotatable bonds is 11. The lowest BCUT2D eigenvalue weighted by atomic mass is 9.85. The smallest absolute Gasteiger partial charge is 0.305 e. The fraction of sp³-hybridized carbons (Fsp3) is 0.543. The van der Waals surface area contributed by atoms with Crippen molar-refractivity contribution in [3.05, 3.63) is 69.2 Å². The standard InChI is InChI=1S/C35H46Cl2N4O4/c1-33(2,3)13-11-28(23-7-9-24(10-8-23)31(44)38-16-12-29(42)43)41-32(45)30(25-19-26(36)21-27(37)20-25)39-35(41)15-18-40(22-35)17-14-34(4,5)6/h7-10,19-21,28H,11-18,22H2,1-6H3,(H,38,44)(H,42,43). The second-order valence-corrected chi connectivity index (χ2v) is 15.6. The number of aliphatic imine (C=N–C) groups is 1. The number of aliphatic carboxylic acids is 1. The molecule has 10 heteroatoms. The first-order valence-electron chi connectivity index (χ1n) is 15.7. The van der Waals surface area contributed by atoms with Gasteiger partial charge in [-0.25, -0.2) is 4.99 Å². The number of carbonyl (C=O) groups is 3. The van der Waals surface area contributed by atoms with E-state index in [1.54, 1.807) is 30.3 Å². The van der Waals surface area contributed by atoms with Crippen LogP contribution < -0.4 is 5.32 Å². The number of carboxylic acids is 1. The summed E-state index contributed by atoms with van der Waals surface area (Å²) in [6, 6.07) is 12.1. The summed E-state index contributed by atoms with van der Waals surface area (Å²) in [4.78, 5) is 47.8. The molecule has 1 saturated heterocycles. The van der Waals surface area contributed by atoms with Crippen LogP contribution in [0.4, 0.5) is 0 Å². The van der Waals surface area contributed by atoms with Crippen molar-refractivity contribution in [3.8, 4) is 0 Å². The molecule has 2 heterocycles. The number of likely N-dealkylation sites (tertiary alicyclic amines) is 1. The van der Waals surface area contributed by atoms with Crippen molar-refractivity contribution in [2.45, 2.75) is 85.4 Å². The summed E-state index contributed by atoms with van der Waals surface area (Å²) in [5.74, 6) is -1.46. The van der Waals surface area contributed by atoms with Gasteiger partial charge in [0.05, 0.1) is 12.5 Å². The Balaban J connectivity index is 1.73. The quantitative estimate of drug-likeness (QED) is 0.266. The summed E-state index contributed by atoms with van der Waals surface area (Å²) in [5, 5.41) is 12.5. The van der Waals surface area contributed by atoms with Crippen LogP contribution in [0, 0.1) is 10.8 Å². The second kappa shape index (κ2) is 13.8. The van der Waals surface area contributed by atoms with E-state index in [-0.39, 0.29) is 41.7 Å². The number of benzene rings is 2. The van der Waals surface area contributed by atoms with Gasteiger partial charge in [-0.2, -0.15) is 0 Å². The Morgan fingerprint density at radius 3 is 2.20 bits per heavy atom. The molecule has 2 amide bonds. The molecule has 4 rings (SSSR count). The van der Waals surface area contributed by atoms with Crippen LogP contribution in [-0.2, 0) is 9.59 Å². The molecule has 1 fully saturated rings. The van der Waals surface area contributed by atoms with Crippen LogP contribution in [0.5, 0.6) is 0 Å². The monoisotopic (exact) mass is 656 g/mol. The molecule has 2 atom stereocenters. The molecule has 0 aromatic heterocycles. The average molecular weight is 658 g/mol. The van der Waals surface area contributed by atoms with Crippen molar-refractivity contribution >= 4 is 46.7 Å². The normalized spacial score (nSPS) is 19.7. The summed E-state index contributed by atoms with van der Waals surface area (Å²) in [6.45, 7) is 15.7. The van der Waals surface area contributed by atoms with Gasteiger partial charge in [0.2, 0.25) is 0 Å². The molecule has 0 aliphatic carbocycles. The first kappa shape index (κ1) is 34.9. The SMILES string of the molecule is CC(C)(C)CCC(c1ccc(C(=O)NCCC(=O)O)cc1)N1C(=O)C(c2cc(Cl)cc(Cl)c2)=NC12CCN(CCC(C)(C)C)C2. The van der Waals surface area contributed by atoms with Crippen molar-refractivity contribution in [1.29, 1.82) is 0 Å². The topological polar surface area (TPSA) is 102 Å². The molecule has 0 bridgehead atoms. The lowest BCUT2D eigenvalue weighted by Gasteiger charge is -2.40. The third kappa shape index (κ3) is 9.08. The number of carboxylic acid groups (broad SMARTS) is 1. The predicted octanol–water partition coefficient (Wildman–Crippen LogP) is 7.24. The van der Waals surface area contributed by atoms with Gasteiger partial charge in [0.1, 0.15) is 11.4 Å². The Bertz CT molecular complexity index is 1420. The highest BCUT2D eigenvalue weighted by molar-refractivity contribution is 6.48. The van der Waals surface area contributed by atoms with Crippen LogP contribution in [-0.4, -0.2) is 70.2 Å². The molecule has 0 radical (unpaired) electrons. The lowest BCUT2D eigenvalue weighted by Crippen LogP contribution is -2.50. The van der Waals surface area contributed by atoms with Gasteiger partial charge < -0.3 is 15.3 Å². The first-order valence-corrected chi connectivity index (χ1v) is 16.4. The number of halogens is 2. The molecule has 0 saturated carbocycles. The van der Waals surface area contributed by atoms with E-state index in [2.05, 4.69) is 51.8 Å². The Kier molecular flexibility index (Phi) is 10.7. The van der Waals surface area contributed by atoms with Crippen LogP contribution in [0.15, 0.2) is 47.5 Å². The summed E-state index contributed by atoms with van der Waals surface area (Å²) in [7, 11) is 0. The van der Waals surface area contributed by atoms with Crippen LogP contribution in [0.1, 0.15) is 101 Å². The minimum Gasteiger partial charge on any atom is -0.481 e. The zero-order chi connectivity index (χ0) is 33.2. The maximum atomic E-state index is 14.6. The Labute approximate surface area is 277 Å². The van der Waals surface area contributed by atoms with E-state index >= 15 is 0 Å². The summed E-state index contributed by atoms with van der Waals surface area (Å²) in [5.41, 5.74) is 1.78. The Morgan fingerprint density at radius 2 is 1.62 bits per heavy atom. The maximum absolute atomic E-state index is 14.6. The van der Waals surface area contributed by atoms with Crippen LogP contribution >= 0.6 is 23.2 Å². The van der Waals surface area contributed by atoms with Gasteiger partial charge in [-0.15, -0.1) is 0 Å². The van der Waals surface area contributed by atoms with Crippen LogP contribution in [0.25, 0.3) is 0 Å². The van der Waals surface area contributed by atoms with Gasteiger partial charge in [-0.3, -0.25) is 19.3 Å². The molecule has 2 aromatic carbocycles. The molecule has 2 aliphatic heterocycles. The molecule has 2 N–H and O–H groups in total. The fourth-order valence-electron chi connectivity index (χ4n) is 6.01. The third-order valence-corrected chi connectivity index (χ3v) is 8.91.